The number of hydrogen-bond acceptors (Lipinski definition) is 2. The highest BCUT2D eigenvalue weighted by Gasteiger charge is 2.34. The highest BCUT2D eigenvalue weighted by Crippen LogP contribution is 2.37. The summed E-state index contributed by atoms with van der Waals surface area (Å²) in [6.45, 7) is 7.20. The third-order valence-electron chi connectivity index (χ3n) is 4.28. The SMILES string of the molecule is CN(CCNC1CCCC1(C)C)C1CC1. The molecule has 2 rings (SSSR count). The molecule has 0 aliphatic heterocycles. The largest absolute Gasteiger partial charge is 0.312 e. The molecule has 0 heterocycles. The Labute approximate surface area is 94.4 Å². The van der Waals surface area contributed by atoms with E-state index in [1.54, 1.807) is 0 Å². The number of likely N-dealkylation sites (N-methyl/N-ethyl adjacent to an activating group) is 1. The van der Waals surface area contributed by atoms with Crippen molar-refractivity contribution in [3.8, 4) is 0 Å². The molecule has 1 atom stereocenters. The Balaban J connectivity index is 1.64. The first-order valence-corrected chi connectivity index (χ1v) is 6.53. The van der Waals surface area contributed by atoms with Crippen molar-refractivity contribution < 1.29 is 0 Å². The number of hydrogen-bond donors (Lipinski definition) is 1. The predicted octanol–water partition coefficient (Wildman–Crippen LogP) is 2.25. The van der Waals surface area contributed by atoms with Gasteiger partial charge in [0.25, 0.3) is 0 Å². The van der Waals surface area contributed by atoms with Crippen LogP contribution in [0.4, 0.5) is 0 Å². The zero-order valence-corrected chi connectivity index (χ0v) is 10.6. The predicted molar refractivity (Wildman–Crippen MR) is 65.1 cm³/mol. The first-order valence-electron chi connectivity index (χ1n) is 6.53. The van der Waals surface area contributed by atoms with Gasteiger partial charge in [0.2, 0.25) is 0 Å². The molecule has 0 bridgehead atoms. The topological polar surface area (TPSA) is 15.3 Å². The zero-order chi connectivity index (χ0) is 10.9. The van der Waals surface area contributed by atoms with Crippen LogP contribution in [0.1, 0.15) is 46.0 Å². The van der Waals surface area contributed by atoms with E-state index in [2.05, 4.69) is 31.1 Å². The summed E-state index contributed by atoms with van der Waals surface area (Å²) in [5, 5.41) is 3.74. The minimum atomic E-state index is 0.526. The molecule has 0 saturated heterocycles. The van der Waals surface area contributed by atoms with Gasteiger partial charge in [0, 0.05) is 25.2 Å². The van der Waals surface area contributed by atoms with Gasteiger partial charge in [0.15, 0.2) is 0 Å². The van der Waals surface area contributed by atoms with E-state index in [1.807, 2.05) is 0 Å². The Morgan fingerprint density at radius 2 is 2.00 bits per heavy atom. The summed E-state index contributed by atoms with van der Waals surface area (Å²) in [5.74, 6) is 0. The quantitative estimate of drug-likeness (QED) is 0.749. The molecule has 2 saturated carbocycles. The van der Waals surface area contributed by atoms with Crippen molar-refractivity contribution in [3.05, 3.63) is 0 Å². The summed E-state index contributed by atoms with van der Waals surface area (Å²) < 4.78 is 0. The second kappa shape index (κ2) is 4.42. The fourth-order valence-corrected chi connectivity index (χ4v) is 2.82. The van der Waals surface area contributed by atoms with Crippen molar-refractivity contribution in [2.75, 3.05) is 20.1 Å². The Kier molecular flexibility index (Phi) is 3.36. The Hall–Kier alpha value is -0.0800. The van der Waals surface area contributed by atoms with Crippen molar-refractivity contribution in [1.82, 2.24) is 10.2 Å². The van der Waals surface area contributed by atoms with Crippen LogP contribution in [-0.2, 0) is 0 Å². The summed E-state index contributed by atoms with van der Waals surface area (Å²) in [7, 11) is 2.26. The molecule has 1 N–H and O–H groups in total. The molecule has 0 radical (unpaired) electrons. The van der Waals surface area contributed by atoms with Crippen LogP contribution in [0.2, 0.25) is 0 Å². The standard InChI is InChI=1S/C13H26N2/c1-13(2)8-4-5-12(13)14-9-10-15(3)11-6-7-11/h11-12,14H,4-10H2,1-3H3. The average molecular weight is 210 g/mol. The van der Waals surface area contributed by atoms with E-state index in [0.717, 1.165) is 12.1 Å². The number of nitrogens with zero attached hydrogens (tertiary/aromatic N) is 1. The van der Waals surface area contributed by atoms with Crippen molar-refractivity contribution in [2.24, 2.45) is 5.41 Å². The molecule has 2 fully saturated rings. The normalized spacial score (nSPS) is 30.0. The van der Waals surface area contributed by atoms with Crippen molar-refractivity contribution >= 4 is 0 Å². The summed E-state index contributed by atoms with van der Waals surface area (Å²) in [6.07, 6.45) is 7.02. The van der Waals surface area contributed by atoms with E-state index in [9.17, 15) is 0 Å². The van der Waals surface area contributed by atoms with E-state index >= 15 is 0 Å². The molecule has 0 amide bonds. The molecular weight excluding hydrogens is 184 g/mol. The molecule has 88 valence electrons. The van der Waals surface area contributed by atoms with Gasteiger partial charge in [-0.25, -0.2) is 0 Å². The van der Waals surface area contributed by atoms with Gasteiger partial charge in [-0.05, 0) is 38.1 Å². The van der Waals surface area contributed by atoms with Crippen LogP contribution < -0.4 is 5.32 Å². The van der Waals surface area contributed by atoms with E-state index in [-0.39, 0.29) is 0 Å². The lowest BCUT2D eigenvalue weighted by Gasteiger charge is -2.28. The molecule has 2 aliphatic rings. The minimum absolute atomic E-state index is 0.526. The first-order chi connectivity index (χ1) is 7.09. The Morgan fingerprint density at radius 3 is 2.53 bits per heavy atom. The molecule has 0 aromatic heterocycles. The number of nitrogens with one attached hydrogen (secondary N) is 1. The van der Waals surface area contributed by atoms with Gasteiger partial charge in [-0.15, -0.1) is 0 Å². The van der Waals surface area contributed by atoms with Crippen molar-refractivity contribution in [1.29, 1.82) is 0 Å². The lowest BCUT2D eigenvalue weighted by molar-refractivity contribution is 0.260. The van der Waals surface area contributed by atoms with Crippen LogP contribution in [0.25, 0.3) is 0 Å². The van der Waals surface area contributed by atoms with Crippen LogP contribution >= 0.6 is 0 Å². The maximum atomic E-state index is 3.74. The average Bonchev–Trinajstić information content (AvgIpc) is 2.94. The van der Waals surface area contributed by atoms with E-state index in [0.29, 0.717) is 5.41 Å². The molecular formula is C13H26N2. The van der Waals surface area contributed by atoms with E-state index < -0.39 is 0 Å². The van der Waals surface area contributed by atoms with Crippen LogP contribution in [0.3, 0.4) is 0 Å². The smallest absolute Gasteiger partial charge is 0.0119 e. The van der Waals surface area contributed by atoms with Crippen molar-refractivity contribution in [2.45, 2.75) is 58.0 Å². The monoisotopic (exact) mass is 210 g/mol. The lowest BCUT2D eigenvalue weighted by Crippen LogP contribution is -2.41. The van der Waals surface area contributed by atoms with Gasteiger partial charge in [0.05, 0.1) is 0 Å². The number of rotatable bonds is 5. The summed E-state index contributed by atoms with van der Waals surface area (Å²) >= 11 is 0. The Bertz CT molecular complexity index is 209. The van der Waals surface area contributed by atoms with Gasteiger partial charge in [-0.3, -0.25) is 0 Å². The van der Waals surface area contributed by atoms with E-state index in [1.165, 1.54) is 45.2 Å². The van der Waals surface area contributed by atoms with Gasteiger partial charge < -0.3 is 10.2 Å². The van der Waals surface area contributed by atoms with Crippen LogP contribution in [0.5, 0.6) is 0 Å². The van der Waals surface area contributed by atoms with Crippen LogP contribution in [0.15, 0.2) is 0 Å². The third kappa shape index (κ3) is 2.94. The maximum absolute atomic E-state index is 3.74. The van der Waals surface area contributed by atoms with Crippen LogP contribution in [-0.4, -0.2) is 37.1 Å². The summed E-state index contributed by atoms with van der Waals surface area (Å²) in [6, 6.07) is 1.66. The second-order valence-electron chi connectivity index (χ2n) is 6.10. The maximum Gasteiger partial charge on any atom is 0.0119 e. The summed E-state index contributed by atoms with van der Waals surface area (Å²) in [5.41, 5.74) is 0.526. The molecule has 2 nitrogen and oxygen atoms in total. The second-order valence-corrected chi connectivity index (χ2v) is 6.10. The van der Waals surface area contributed by atoms with Gasteiger partial charge >= 0.3 is 0 Å². The zero-order valence-electron chi connectivity index (χ0n) is 10.6. The fourth-order valence-electron chi connectivity index (χ4n) is 2.82. The molecule has 0 aromatic rings. The van der Waals surface area contributed by atoms with Gasteiger partial charge in [0.1, 0.15) is 0 Å². The molecule has 1 unspecified atom stereocenters. The Morgan fingerprint density at radius 1 is 1.27 bits per heavy atom. The van der Waals surface area contributed by atoms with Gasteiger partial charge in [-0.2, -0.15) is 0 Å². The third-order valence-corrected chi connectivity index (χ3v) is 4.28. The van der Waals surface area contributed by atoms with Crippen molar-refractivity contribution in [3.63, 3.8) is 0 Å². The fraction of sp³-hybridized carbons (Fsp3) is 1.00. The molecule has 2 heteroatoms. The molecule has 15 heavy (non-hydrogen) atoms. The summed E-state index contributed by atoms with van der Waals surface area (Å²) in [4.78, 5) is 2.51. The van der Waals surface area contributed by atoms with E-state index in [4.69, 9.17) is 0 Å². The highest BCUT2D eigenvalue weighted by molar-refractivity contribution is 4.90. The minimum Gasteiger partial charge on any atom is -0.312 e. The molecule has 0 aromatic carbocycles. The first kappa shape index (κ1) is 11.4. The highest BCUT2D eigenvalue weighted by atomic mass is 15.2. The van der Waals surface area contributed by atoms with Gasteiger partial charge in [-0.1, -0.05) is 20.3 Å². The molecule has 2 aliphatic carbocycles. The molecule has 0 spiro atoms. The van der Waals surface area contributed by atoms with Crippen LogP contribution in [0, 0.1) is 5.41 Å². The lowest BCUT2D eigenvalue weighted by atomic mass is 9.87.